The van der Waals surface area contributed by atoms with Crippen LogP contribution in [0.4, 0.5) is 17.1 Å². The highest BCUT2D eigenvalue weighted by molar-refractivity contribution is 6.38. The van der Waals surface area contributed by atoms with Crippen molar-refractivity contribution in [2.75, 3.05) is 43.3 Å². The summed E-state index contributed by atoms with van der Waals surface area (Å²) in [6, 6.07) is 28.0. The highest BCUT2D eigenvalue weighted by atomic mass is 35.5. The molecule has 11 heteroatoms. The molecule has 246 valence electrons. The second kappa shape index (κ2) is 13.6. The zero-order valence-corrected chi connectivity index (χ0v) is 27.8. The van der Waals surface area contributed by atoms with E-state index in [1.165, 1.54) is 16.7 Å². The number of methoxy groups -OCH3 is 2. The number of anilines is 3. The molecule has 0 aliphatic carbocycles. The van der Waals surface area contributed by atoms with E-state index in [1.807, 2.05) is 54.7 Å². The van der Waals surface area contributed by atoms with Crippen LogP contribution in [0.3, 0.4) is 0 Å². The van der Waals surface area contributed by atoms with Crippen molar-refractivity contribution in [3.8, 4) is 17.2 Å². The van der Waals surface area contributed by atoms with E-state index >= 15 is 0 Å². The largest absolute Gasteiger partial charge is 0.493 e. The van der Waals surface area contributed by atoms with Crippen LogP contribution in [0.2, 0.25) is 0 Å². The molecule has 0 fully saturated rings. The number of nitrogens with one attached hydrogen (secondary N) is 3. The molecule has 0 bridgehead atoms. The number of benzene rings is 4. The van der Waals surface area contributed by atoms with Crippen LogP contribution in [0.25, 0.3) is 5.69 Å². The number of hydrogen-bond donors (Lipinski definition) is 3. The van der Waals surface area contributed by atoms with Gasteiger partial charge in [-0.3, -0.25) is 9.69 Å². The zero-order valence-electron chi connectivity index (χ0n) is 27.0. The number of aromatic nitrogens is 3. The summed E-state index contributed by atoms with van der Waals surface area (Å²) in [5, 5.41) is 18.3. The lowest BCUT2D eigenvalue weighted by molar-refractivity contribution is -0.117. The lowest BCUT2D eigenvalue weighted by Crippen LogP contribution is -2.43. The van der Waals surface area contributed by atoms with E-state index in [4.69, 9.17) is 21.1 Å². The van der Waals surface area contributed by atoms with Gasteiger partial charge in [0.05, 0.1) is 44.0 Å². The summed E-state index contributed by atoms with van der Waals surface area (Å²) in [6.45, 7) is 3.33. The van der Waals surface area contributed by atoms with Gasteiger partial charge >= 0.3 is 0 Å². The first-order valence-electron chi connectivity index (χ1n) is 16.1. The minimum atomic E-state index is -1.25. The molecule has 1 unspecified atom stereocenters. The molecule has 1 amide bonds. The number of nitrogens with zero attached hydrogens (tertiary/aromatic N) is 4. The minimum Gasteiger partial charge on any atom is -0.493 e. The molecule has 1 atom stereocenters. The summed E-state index contributed by atoms with van der Waals surface area (Å²) in [7, 11) is 3.36. The number of carbonyl (C=O) groups excluding carboxylic acids is 1. The van der Waals surface area contributed by atoms with Crippen LogP contribution in [-0.2, 0) is 37.1 Å². The summed E-state index contributed by atoms with van der Waals surface area (Å²) < 4.78 is 12.8. The quantitative estimate of drug-likeness (QED) is 0.116. The molecule has 5 aromatic rings. The third-order valence-electron chi connectivity index (χ3n) is 9.03. The van der Waals surface area contributed by atoms with Crippen molar-refractivity contribution in [2.45, 2.75) is 37.4 Å². The van der Waals surface area contributed by atoms with Crippen molar-refractivity contribution in [3.63, 3.8) is 0 Å². The monoisotopic (exact) mass is 663 g/mol. The maximum atomic E-state index is 13.3. The minimum absolute atomic E-state index is 0.313. The van der Waals surface area contributed by atoms with Gasteiger partial charge in [-0.25, -0.2) is 4.68 Å². The first kappa shape index (κ1) is 31.5. The van der Waals surface area contributed by atoms with Crippen molar-refractivity contribution in [1.82, 2.24) is 19.9 Å². The molecular weight excluding hydrogens is 626 g/mol. The van der Waals surface area contributed by atoms with Gasteiger partial charge in [-0.05, 0) is 77.6 Å². The highest BCUT2D eigenvalue weighted by Gasteiger charge is 2.42. The normalized spacial score (nSPS) is 16.8. The van der Waals surface area contributed by atoms with Crippen molar-refractivity contribution < 1.29 is 14.3 Å². The number of amides is 1. The van der Waals surface area contributed by atoms with E-state index < -0.39 is 5.00 Å². The number of ether oxygens (including phenoxy) is 2. The number of halogens is 1. The third kappa shape index (κ3) is 6.67. The average Bonchev–Trinajstić information content (AvgIpc) is 3.74. The Bertz CT molecular complexity index is 1900. The van der Waals surface area contributed by atoms with Crippen LogP contribution in [0, 0.1) is 0 Å². The number of alkyl halides is 1. The van der Waals surface area contributed by atoms with E-state index in [0.29, 0.717) is 18.7 Å². The fourth-order valence-electron chi connectivity index (χ4n) is 6.35. The van der Waals surface area contributed by atoms with Gasteiger partial charge < -0.3 is 25.4 Å². The second-order valence-corrected chi connectivity index (χ2v) is 12.8. The van der Waals surface area contributed by atoms with Crippen molar-refractivity contribution in [3.05, 3.63) is 119 Å². The predicted octanol–water partition coefficient (Wildman–Crippen LogP) is 6.04. The molecule has 10 nitrogen and oxygen atoms in total. The molecule has 1 aromatic heterocycles. The van der Waals surface area contributed by atoms with Crippen LogP contribution in [0.1, 0.15) is 27.9 Å². The molecule has 0 saturated heterocycles. The Morgan fingerprint density at radius 1 is 0.938 bits per heavy atom. The third-order valence-corrected chi connectivity index (χ3v) is 9.43. The SMILES string of the molecule is COc1cc2c(cc1OC)CN(CCc1ccc(-n3cc(CNc4ccccc4NC(=O)C4(Cl)Cc5ccccc5N4)nn3)cc1)CC2. The van der Waals surface area contributed by atoms with Crippen LogP contribution in [0.15, 0.2) is 91.1 Å². The van der Waals surface area contributed by atoms with Crippen LogP contribution < -0.4 is 25.4 Å². The molecule has 3 heterocycles. The Morgan fingerprint density at radius 2 is 1.67 bits per heavy atom. The first-order valence-corrected chi connectivity index (χ1v) is 16.4. The molecule has 7 rings (SSSR count). The Kier molecular flexibility index (Phi) is 8.92. The van der Waals surface area contributed by atoms with Gasteiger partial charge in [0, 0.05) is 31.7 Å². The molecule has 0 spiro atoms. The zero-order chi connectivity index (χ0) is 33.1. The van der Waals surface area contributed by atoms with Gasteiger partial charge in [-0.2, -0.15) is 0 Å². The molecule has 2 aliphatic rings. The molecule has 4 aromatic carbocycles. The van der Waals surface area contributed by atoms with E-state index in [0.717, 1.165) is 72.3 Å². The summed E-state index contributed by atoms with van der Waals surface area (Å²) in [4.78, 5) is 14.5. The maximum Gasteiger partial charge on any atom is 0.266 e. The Hall–Kier alpha value is -5.06. The summed E-state index contributed by atoms with van der Waals surface area (Å²) in [6.07, 6.45) is 4.26. The lowest BCUT2D eigenvalue weighted by atomic mass is 9.98. The Balaban J connectivity index is 0.924. The van der Waals surface area contributed by atoms with Crippen LogP contribution in [-0.4, -0.2) is 58.1 Å². The molecule has 2 aliphatic heterocycles. The summed E-state index contributed by atoms with van der Waals surface area (Å²) in [5.74, 6) is 1.26. The van der Waals surface area contributed by atoms with Gasteiger partial charge in [-0.1, -0.05) is 59.3 Å². The molecule has 0 saturated carbocycles. The van der Waals surface area contributed by atoms with Gasteiger partial charge in [0.1, 0.15) is 5.69 Å². The van der Waals surface area contributed by atoms with Crippen LogP contribution >= 0.6 is 11.6 Å². The van der Waals surface area contributed by atoms with Gasteiger partial charge in [0.15, 0.2) is 16.5 Å². The number of hydrogen-bond acceptors (Lipinski definition) is 8. The molecular formula is C37H38ClN7O3. The second-order valence-electron chi connectivity index (χ2n) is 12.2. The number of para-hydroxylation sites is 3. The standard InChI is InChI=1S/C37H38ClN7O3/c1-47-34-19-26-16-18-44(23-28(26)20-35(34)48-2)17-15-25-11-13-30(14-12-25)45-24-29(42-43-45)22-39-32-9-5-6-10-33(32)40-36(46)37(38)21-27-7-3-4-8-31(27)41-37/h3-14,19-20,24,39,41H,15-18,21-23H2,1-2H3,(H,40,46). The lowest BCUT2D eigenvalue weighted by Gasteiger charge is -2.29. The van der Waals surface area contributed by atoms with Crippen LogP contribution in [0.5, 0.6) is 11.5 Å². The van der Waals surface area contributed by atoms with Crippen molar-refractivity contribution in [1.29, 1.82) is 0 Å². The average molecular weight is 664 g/mol. The Labute approximate surface area is 285 Å². The van der Waals surface area contributed by atoms with E-state index in [1.54, 1.807) is 18.9 Å². The molecule has 48 heavy (non-hydrogen) atoms. The fraction of sp³-hybridized carbons (Fsp3) is 0.270. The maximum absolute atomic E-state index is 13.3. The fourth-order valence-corrected chi connectivity index (χ4v) is 6.64. The highest BCUT2D eigenvalue weighted by Crippen LogP contribution is 2.37. The van der Waals surface area contributed by atoms with E-state index in [-0.39, 0.29) is 5.91 Å². The van der Waals surface area contributed by atoms with E-state index in [9.17, 15) is 4.79 Å². The molecule has 0 radical (unpaired) electrons. The Morgan fingerprint density at radius 3 is 2.44 bits per heavy atom. The number of carbonyl (C=O) groups is 1. The first-order chi connectivity index (χ1) is 23.4. The topological polar surface area (TPSA) is 106 Å². The van der Waals surface area contributed by atoms with Crippen molar-refractivity contribution >= 4 is 34.6 Å². The summed E-state index contributed by atoms with van der Waals surface area (Å²) >= 11 is 6.75. The van der Waals surface area contributed by atoms with Gasteiger partial charge in [0.25, 0.3) is 5.91 Å². The van der Waals surface area contributed by atoms with E-state index in [2.05, 4.69) is 67.6 Å². The van der Waals surface area contributed by atoms with Crippen molar-refractivity contribution in [2.24, 2.45) is 0 Å². The molecule has 3 N–H and O–H groups in total. The van der Waals surface area contributed by atoms with Gasteiger partial charge in [0.2, 0.25) is 0 Å². The predicted molar refractivity (Wildman–Crippen MR) is 188 cm³/mol. The van der Waals surface area contributed by atoms with Gasteiger partial charge in [-0.15, -0.1) is 5.10 Å². The summed E-state index contributed by atoms with van der Waals surface area (Å²) in [5.41, 5.74) is 8.90. The number of fused-ring (bicyclic) bond motifs is 2. The number of rotatable bonds is 11. The smallest absolute Gasteiger partial charge is 0.266 e.